The number of rotatable bonds is 6. The lowest BCUT2D eigenvalue weighted by atomic mass is 10.3. The fourth-order valence-electron chi connectivity index (χ4n) is 2.83. The molecule has 3 aromatic rings. The van der Waals surface area contributed by atoms with Crippen LogP contribution in [0.15, 0.2) is 59.8 Å². The van der Waals surface area contributed by atoms with Gasteiger partial charge in [0.15, 0.2) is 11.5 Å². The Balaban J connectivity index is 1.39. The topological polar surface area (TPSA) is 95.3 Å². The predicted octanol–water partition coefficient (Wildman–Crippen LogP) is 2.08. The molecule has 0 bridgehead atoms. The summed E-state index contributed by atoms with van der Waals surface area (Å²) in [6.45, 7) is 1.67. The summed E-state index contributed by atoms with van der Waals surface area (Å²) in [6.07, 6.45) is 4.27. The molecule has 0 fully saturated rings. The number of ether oxygens (including phenoxy) is 2. The second kappa shape index (κ2) is 7.99. The van der Waals surface area contributed by atoms with Gasteiger partial charge in [-0.05, 0) is 30.3 Å². The normalized spacial score (nSPS) is 13.9. The van der Waals surface area contributed by atoms with Crippen molar-refractivity contribution in [3.8, 4) is 22.9 Å². The van der Waals surface area contributed by atoms with E-state index >= 15 is 0 Å². The van der Waals surface area contributed by atoms with Crippen molar-refractivity contribution >= 4 is 10.0 Å². The molecule has 2 aromatic heterocycles. The van der Waals surface area contributed by atoms with Crippen molar-refractivity contribution in [2.24, 2.45) is 0 Å². The highest BCUT2D eigenvalue weighted by Crippen LogP contribution is 2.31. The first-order chi connectivity index (χ1) is 13.6. The van der Waals surface area contributed by atoms with Crippen molar-refractivity contribution in [1.29, 1.82) is 0 Å². The molecule has 1 aromatic carbocycles. The molecule has 0 atom stereocenters. The quantitative estimate of drug-likeness (QED) is 0.681. The van der Waals surface area contributed by atoms with Gasteiger partial charge in [-0.2, -0.15) is 5.10 Å². The maximum Gasteiger partial charge on any atom is 0.240 e. The number of fused-ring (bicyclic) bond motifs is 1. The molecule has 4 rings (SSSR count). The van der Waals surface area contributed by atoms with Gasteiger partial charge >= 0.3 is 0 Å². The van der Waals surface area contributed by atoms with Gasteiger partial charge in [-0.15, -0.1) is 0 Å². The van der Waals surface area contributed by atoms with E-state index in [-0.39, 0.29) is 11.4 Å². The molecule has 0 saturated carbocycles. The van der Waals surface area contributed by atoms with Crippen LogP contribution in [0.4, 0.5) is 0 Å². The van der Waals surface area contributed by atoms with Gasteiger partial charge in [-0.1, -0.05) is 6.07 Å². The van der Waals surface area contributed by atoms with Crippen LogP contribution >= 0.6 is 0 Å². The number of nitrogens with one attached hydrogen (secondary N) is 1. The van der Waals surface area contributed by atoms with E-state index in [2.05, 4.69) is 14.8 Å². The highest BCUT2D eigenvalue weighted by atomic mass is 32.2. The zero-order valence-corrected chi connectivity index (χ0v) is 15.9. The van der Waals surface area contributed by atoms with Gasteiger partial charge in [-0.25, -0.2) is 13.1 Å². The third kappa shape index (κ3) is 4.15. The Bertz CT molecular complexity index is 1050. The third-order valence-electron chi connectivity index (χ3n) is 4.23. The number of benzene rings is 1. The van der Waals surface area contributed by atoms with Crippen molar-refractivity contribution in [1.82, 2.24) is 19.5 Å². The van der Waals surface area contributed by atoms with Crippen molar-refractivity contribution in [3.05, 3.63) is 54.9 Å². The first-order valence-electron chi connectivity index (χ1n) is 8.96. The molecule has 8 nitrogen and oxygen atoms in total. The zero-order valence-electron chi connectivity index (χ0n) is 15.1. The summed E-state index contributed by atoms with van der Waals surface area (Å²) in [6, 6.07) is 12.1. The summed E-state index contributed by atoms with van der Waals surface area (Å²) < 4.78 is 40.5. The summed E-state index contributed by atoms with van der Waals surface area (Å²) >= 11 is 0. The first-order valence-corrected chi connectivity index (χ1v) is 10.4. The molecule has 3 heterocycles. The highest BCUT2D eigenvalue weighted by Gasteiger charge is 2.18. The van der Waals surface area contributed by atoms with Gasteiger partial charge in [0, 0.05) is 31.4 Å². The Hall–Kier alpha value is -2.91. The lowest BCUT2D eigenvalue weighted by Crippen LogP contribution is -2.27. The minimum Gasteiger partial charge on any atom is -0.490 e. The van der Waals surface area contributed by atoms with Crippen molar-refractivity contribution in [3.63, 3.8) is 0 Å². The Labute approximate surface area is 163 Å². The van der Waals surface area contributed by atoms with Gasteiger partial charge in [0.05, 0.1) is 30.3 Å². The second-order valence-corrected chi connectivity index (χ2v) is 8.00. The standard InChI is InChI=1S/C19H20N4O4S/c24-28(25,15-5-6-18-19(14-15)27-13-3-12-26-18)21-9-11-23-10-7-17(22-23)16-4-1-2-8-20-16/h1-2,4-8,10,14,21H,3,9,11-13H2. The summed E-state index contributed by atoms with van der Waals surface area (Å²) in [7, 11) is -3.66. The van der Waals surface area contributed by atoms with Gasteiger partial charge < -0.3 is 9.47 Å². The Morgan fingerprint density at radius 2 is 1.89 bits per heavy atom. The average molecular weight is 400 g/mol. The maximum atomic E-state index is 12.6. The number of hydrogen-bond donors (Lipinski definition) is 1. The van der Waals surface area contributed by atoms with Crippen LogP contribution in [-0.2, 0) is 16.6 Å². The van der Waals surface area contributed by atoms with E-state index in [4.69, 9.17) is 9.47 Å². The van der Waals surface area contributed by atoms with Crippen LogP contribution in [0.1, 0.15) is 6.42 Å². The number of pyridine rings is 1. The van der Waals surface area contributed by atoms with Crippen LogP contribution in [-0.4, -0.2) is 42.9 Å². The molecule has 0 radical (unpaired) electrons. The largest absolute Gasteiger partial charge is 0.490 e. The lowest BCUT2D eigenvalue weighted by molar-refractivity contribution is 0.297. The van der Waals surface area contributed by atoms with Crippen molar-refractivity contribution < 1.29 is 17.9 Å². The minimum absolute atomic E-state index is 0.145. The van der Waals surface area contributed by atoms with E-state index in [1.54, 1.807) is 23.1 Å². The summed E-state index contributed by atoms with van der Waals surface area (Å²) in [5, 5.41) is 4.42. The predicted molar refractivity (Wildman–Crippen MR) is 103 cm³/mol. The van der Waals surface area contributed by atoms with Crippen molar-refractivity contribution in [2.45, 2.75) is 17.9 Å². The van der Waals surface area contributed by atoms with E-state index in [0.717, 1.165) is 17.8 Å². The SMILES string of the molecule is O=S(=O)(NCCn1ccc(-c2ccccn2)n1)c1ccc2c(c1)OCCCO2. The molecule has 9 heteroatoms. The van der Waals surface area contributed by atoms with E-state index in [1.807, 2.05) is 24.3 Å². The first kappa shape index (κ1) is 18.5. The van der Waals surface area contributed by atoms with Crippen molar-refractivity contribution in [2.75, 3.05) is 19.8 Å². The Morgan fingerprint density at radius 3 is 2.71 bits per heavy atom. The monoisotopic (exact) mass is 400 g/mol. The van der Waals surface area contributed by atoms with Crippen LogP contribution < -0.4 is 14.2 Å². The number of nitrogens with zero attached hydrogens (tertiary/aromatic N) is 3. The molecule has 0 spiro atoms. The number of sulfonamides is 1. The fraction of sp³-hybridized carbons (Fsp3) is 0.263. The van der Waals surface area contributed by atoms with E-state index in [0.29, 0.717) is 31.3 Å². The van der Waals surface area contributed by atoms with Crippen LogP contribution in [0.3, 0.4) is 0 Å². The molecule has 0 unspecified atom stereocenters. The van der Waals surface area contributed by atoms with E-state index < -0.39 is 10.0 Å². The summed E-state index contributed by atoms with van der Waals surface area (Å²) in [5.74, 6) is 1.02. The fourth-order valence-corrected chi connectivity index (χ4v) is 3.86. The molecule has 1 aliphatic heterocycles. The molecule has 1 N–H and O–H groups in total. The van der Waals surface area contributed by atoms with Crippen LogP contribution in [0.25, 0.3) is 11.4 Å². The molecule has 146 valence electrons. The molecule has 0 aliphatic carbocycles. The molecular formula is C19H20N4O4S. The molecular weight excluding hydrogens is 380 g/mol. The van der Waals surface area contributed by atoms with Crippen LogP contribution in [0.2, 0.25) is 0 Å². The maximum absolute atomic E-state index is 12.6. The molecule has 0 saturated heterocycles. The molecule has 0 amide bonds. The van der Waals surface area contributed by atoms with Gasteiger partial charge in [0.2, 0.25) is 10.0 Å². The number of aromatic nitrogens is 3. The average Bonchev–Trinajstić information content (AvgIpc) is 3.05. The molecule has 1 aliphatic rings. The van der Waals surface area contributed by atoms with E-state index in [1.165, 1.54) is 12.1 Å². The lowest BCUT2D eigenvalue weighted by Gasteiger charge is -2.11. The Kier molecular flexibility index (Phi) is 5.27. The minimum atomic E-state index is -3.66. The summed E-state index contributed by atoms with van der Waals surface area (Å²) in [4.78, 5) is 4.40. The van der Waals surface area contributed by atoms with E-state index in [9.17, 15) is 8.42 Å². The Morgan fingerprint density at radius 1 is 1.04 bits per heavy atom. The van der Waals surface area contributed by atoms with Crippen LogP contribution in [0.5, 0.6) is 11.5 Å². The van der Waals surface area contributed by atoms with Gasteiger partial charge in [-0.3, -0.25) is 9.67 Å². The molecule has 28 heavy (non-hydrogen) atoms. The third-order valence-corrected chi connectivity index (χ3v) is 5.69. The summed E-state index contributed by atoms with van der Waals surface area (Å²) in [5.41, 5.74) is 1.51. The highest BCUT2D eigenvalue weighted by molar-refractivity contribution is 7.89. The van der Waals surface area contributed by atoms with Gasteiger partial charge in [0.1, 0.15) is 5.69 Å². The smallest absolute Gasteiger partial charge is 0.240 e. The van der Waals surface area contributed by atoms with Gasteiger partial charge in [0.25, 0.3) is 0 Å². The van der Waals surface area contributed by atoms with Crippen LogP contribution in [0, 0.1) is 0 Å². The zero-order chi connectivity index (χ0) is 19.4. The second-order valence-electron chi connectivity index (χ2n) is 6.24. The number of hydrogen-bond acceptors (Lipinski definition) is 6.